The van der Waals surface area contributed by atoms with Gasteiger partial charge in [0.25, 0.3) is 0 Å². The lowest BCUT2D eigenvalue weighted by molar-refractivity contribution is 0.133. The van der Waals surface area contributed by atoms with E-state index in [4.69, 9.17) is 4.74 Å². The predicted molar refractivity (Wildman–Crippen MR) is 62.2 cm³/mol. The predicted octanol–water partition coefficient (Wildman–Crippen LogP) is 2.46. The van der Waals surface area contributed by atoms with Crippen LogP contribution in [0.2, 0.25) is 0 Å². The topological polar surface area (TPSA) is 12.5 Å². The molecule has 1 aliphatic heterocycles. The zero-order valence-electron chi connectivity index (χ0n) is 10.0. The first-order valence-electron chi connectivity index (χ1n) is 5.40. The lowest BCUT2D eigenvalue weighted by Crippen LogP contribution is -2.45. The van der Waals surface area contributed by atoms with Crippen molar-refractivity contribution >= 4 is 0 Å². The van der Waals surface area contributed by atoms with Gasteiger partial charge < -0.3 is 4.74 Å². The SMILES string of the molecule is COc1ccc2c(c1)CC(C)(C)N(C)C2. The van der Waals surface area contributed by atoms with E-state index in [1.165, 1.54) is 11.1 Å². The van der Waals surface area contributed by atoms with Crippen LogP contribution in [0, 0.1) is 0 Å². The van der Waals surface area contributed by atoms with E-state index in [9.17, 15) is 0 Å². The van der Waals surface area contributed by atoms with E-state index in [1.54, 1.807) is 7.11 Å². The molecule has 0 unspecified atom stereocenters. The number of ether oxygens (including phenoxy) is 1. The van der Waals surface area contributed by atoms with Crippen molar-refractivity contribution in [3.8, 4) is 5.75 Å². The third-order valence-corrected chi connectivity index (χ3v) is 3.48. The van der Waals surface area contributed by atoms with Crippen molar-refractivity contribution in [3.05, 3.63) is 29.3 Å². The number of rotatable bonds is 1. The molecule has 0 N–H and O–H groups in total. The fourth-order valence-electron chi connectivity index (χ4n) is 2.12. The third kappa shape index (κ3) is 1.86. The van der Waals surface area contributed by atoms with Crippen molar-refractivity contribution in [1.82, 2.24) is 4.90 Å². The van der Waals surface area contributed by atoms with Crippen LogP contribution in [0.1, 0.15) is 25.0 Å². The highest BCUT2D eigenvalue weighted by atomic mass is 16.5. The number of hydrogen-bond acceptors (Lipinski definition) is 2. The van der Waals surface area contributed by atoms with Crippen LogP contribution >= 0.6 is 0 Å². The second-order valence-electron chi connectivity index (χ2n) is 4.98. The second kappa shape index (κ2) is 3.53. The molecule has 2 nitrogen and oxygen atoms in total. The molecule has 82 valence electrons. The number of hydrogen-bond donors (Lipinski definition) is 0. The van der Waals surface area contributed by atoms with E-state index < -0.39 is 0 Å². The maximum absolute atomic E-state index is 5.26. The lowest BCUT2D eigenvalue weighted by Gasteiger charge is -2.41. The van der Waals surface area contributed by atoms with Crippen molar-refractivity contribution in [2.75, 3.05) is 14.2 Å². The molecule has 2 heteroatoms. The van der Waals surface area contributed by atoms with Crippen LogP contribution in [0.25, 0.3) is 0 Å². The largest absolute Gasteiger partial charge is 0.497 e. The Hall–Kier alpha value is -1.02. The molecule has 0 aliphatic carbocycles. The zero-order chi connectivity index (χ0) is 11.1. The van der Waals surface area contributed by atoms with Crippen LogP contribution in [0.15, 0.2) is 18.2 Å². The summed E-state index contributed by atoms with van der Waals surface area (Å²) in [5.41, 5.74) is 3.11. The molecular weight excluding hydrogens is 186 g/mol. The summed E-state index contributed by atoms with van der Waals surface area (Å²) in [5, 5.41) is 0. The molecule has 0 saturated carbocycles. The molecule has 0 amide bonds. The summed E-state index contributed by atoms with van der Waals surface area (Å²) in [7, 11) is 3.91. The molecule has 1 aromatic carbocycles. The summed E-state index contributed by atoms with van der Waals surface area (Å²) in [6.45, 7) is 5.61. The molecule has 2 rings (SSSR count). The van der Waals surface area contributed by atoms with E-state index in [0.717, 1.165) is 18.7 Å². The monoisotopic (exact) mass is 205 g/mol. The normalized spacial score (nSPS) is 19.7. The number of fused-ring (bicyclic) bond motifs is 1. The van der Waals surface area contributed by atoms with Crippen molar-refractivity contribution in [2.45, 2.75) is 32.4 Å². The molecule has 0 atom stereocenters. The molecule has 1 aromatic rings. The average molecular weight is 205 g/mol. The van der Waals surface area contributed by atoms with Crippen LogP contribution in [0.3, 0.4) is 0 Å². The van der Waals surface area contributed by atoms with Crippen molar-refractivity contribution in [3.63, 3.8) is 0 Å². The van der Waals surface area contributed by atoms with Crippen LogP contribution < -0.4 is 4.74 Å². The number of benzene rings is 1. The van der Waals surface area contributed by atoms with E-state index >= 15 is 0 Å². The Balaban J connectivity index is 2.37. The van der Waals surface area contributed by atoms with Crippen LogP contribution in [0.4, 0.5) is 0 Å². The molecule has 0 aromatic heterocycles. The molecule has 1 aliphatic rings. The Morgan fingerprint density at radius 2 is 2.00 bits per heavy atom. The van der Waals surface area contributed by atoms with Gasteiger partial charge in [0, 0.05) is 12.1 Å². The van der Waals surface area contributed by atoms with E-state index in [1.807, 2.05) is 6.07 Å². The molecule has 0 fully saturated rings. The molecule has 0 spiro atoms. The van der Waals surface area contributed by atoms with Crippen LogP contribution in [-0.4, -0.2) is 24.6 Å². The summed E-state index contributed by atoms with van der Waals surface area (Å²) < 4.78 is 5.26. The quantitative estimate of drug-likeness (QED) is 0.698. The highest BCUT2D eigenvalue weighted by molar-refractivity contribution is 5.38. The maximum Gasteiger partial charge on any atom is 0.119 e. The van der Waals surface area contributed by atoms with Gasteiger partial charge in [-0.3, -0.25) is 4.90 Å². The Morgan fingerprint density at radius 3 is 2.67 bits per heavy atom. The van der Waals surface area contributed by atoms with Gasteiger partial charge in [0.2, 0.25) is 0 Å². The smallest absolute Gasteiger partial charge is 0.119 e. The highest BCUT2D eigenvalue weighted by Gasteiger charge is 2.29. The van der Waals surface area contributed by atoms with Gasteiger partial charge in [-0.1, -0.05) is 6.07 Å². The van der Waals surface area contributed by atoms with Gasteiger partial charge in [0.15, 0.2) is 0 Å². The Bertz CT molecular complexity index is 371. The van der Waals surface area contributed by atoms with E-state index in [-0.39, 0.29) is 5.54 Å². The standard InChI is InChI=1S/C13H19NO/c1-13(2)8-11-7-12(15-4)6-5-10(11)9-14(13)3/h5-7H,8-9H2,1-4H3. The van der Waals surface area contributed by atoms with Crippen LogP contribution in [-0.2, 0) is 13.0 Å². The van der Waals surface area contributed by atoms with Crippen molar-refractivity contribution in [2.24, 2.45) is 0 Å². The van der Waals surface area contributed by atoms with E-state index in [2.05, 4.69) is 37.9 Å². The Labute approximate surface area is 91.9 Å². The average Bonchev–Trinajstić information content (AvgIpc) is 2.18. The summed E-state index contributed by atoms with van der Waals surface area (Å²) in [6, 6.07) is 6.40. The number of nitrogens with zero attached hydrogens (tertiary/aromatic N) is 1. The lowest BCUT2D eigenvalue weighted by atomic mass is 9.86. The van der Waals surface area contributed by atoms with Gasteiger partial charge in [0.05, 0.1) is 7.11 Å². The minimum Gasteiger partial charge on any atom is -0.497 e. The van der Waals surface area contributed by atoms with Gasteiger partial charge in [-0.15, -0.1) is 0 Å². The number of methoxy groups -OCH3 is 1. The Kier molecular flexibility index (Phi) is 2.47. The minimum atomic E-state index is 0.249. The highest BCUT2D eigenvalue weighted by Crippen LogP contribution is 2.31. The van der Waals surface area contributed by atoms with Crippen molar-refractivity contribution < 1.29 is 4.74 Å². The second-order valence-corrected chi connectivity index (χ2v) is 4.98. The summed E-state index contributed by atoms with van der Waals surface area (Å²) in [5.74, 6) is 0.967. The first-order valence-corrected chi connectivity index (χ1v) is 5.40. The molecular formula is C13H19NO. The maximum atomic E-state index is 5.26. The fraction of sp³-hybridized carbons (Fsp3) is 0.538. The Morgan fingerprint density at radius 1 is 1.27 bits per heavy atom. The van der Waals surface area contributed by atoms with Gasteiger partial charge >= 0.3 is 0 Å². The summed E-state index contributed by atoms with van der Waals surface area (Å²) in [6.07, 6.45) is 1.09. The van der Waals surface area contributed by atoms with Gasteiger partial charge in [-0.05, 0) is 50.6 Å². The first kappa shape index (κ1) is 10.5. The fourth-order valence-corrected chi connectivity index (χ4v) is 2.12. The minimum absolute atomic E-state index is 0.249. The zero-order valence-corrected chi connectivity index (χ0v) is 10.0. The molecule has 0 bridgehead atoms. The molecule has 15 heavy (non-hydrogen) atoms. The first-order chi connectivity index (χ1) is 7.03. The summed E-state index contributed by atoms with van der Waals surface area (Å²) >= 11 is 0. The van der Waals surface area contributed by atoms with Gasteiger partial charge in [-0.2, -0.15) is 0 Å². The third-order valence-electron chi connectivity index (χ3n) is 3.48. The molecule has 0 saturated heterocycles. The van der Waals surface area contributed by atoms with E-state index in [0.29, 0.717) is 0 Å². The number of likely N-dealkylation sites (N-methyl/N-ethyl adjacent to an activating group) is 1. The van der Waals surface area contributed by atoms with Gasteiger partial charge in [0.1, 0.15) is 5.75 Å². The van der Waals surface area contributed by atoms with Gasteiger partial charge in [-0.25, -0.2) is 0 Å². The molecule has 0 radical (unpaired) electrons. The van der Waals surface area contributed by atoms with Crippen LogP contribution in [0.5, 0.6) is 5.75 Å². The molecule has 1 heterocycles. The van der Waals surface area contributed by atoms with Crippen molar-refractivity contribution in [1.29, 1.82) is 0 Å². The summed E-state index contributed by atoms with van der Waals surface area (Å²) in [4.78, 5) is 2.40.